The Balaban J connectivity index is 2.96. The molecule has 0 aromatic rings. The Morgan fingerprint density at radius 2 is 2.12 bits per heavy atom. The number of carboxylic acids is 1. The van der Waals surface area contributed by atoms with E-state index in [4.69, 9.17) is 5.11 Å². The fourth-order valence-corrected chi connectivity index (χ4v) is 2.24. The molecule has 17 heavy (non-hydrogen) atoms. The average Bonchev–Trinajstić information content (AvgIpc) is 2.12. The number of hydrogen-bond donors (Lipinski definition) is 3. The molecule has 1 aliphatic rings. The van der Waals surface area contributed by atoms with E-state index in [1.54, 1.807) is 0 Å². The van der Waals surface area contributed by atoms with Gasteiger partial charge in [-0.05, 0) is 6.08 Å². The lowest BCUT2D eigenvalue weighted by molar-refractivity contribution is -0.133. The number of carboxylic acid groups (broad SMARTS) is 1. The van der Waals surface area contributed by atoms with Gasteiger partial charge in [0.1, 0.15) is 13.7 Å². The fourth-order valence-electron chi connectivity index (χ4n) is 1.63. The molecule has 0 bridgehead atoms. The molecule has 94 valence electrons. The van der Waals surface area contributed by atoms with Crippen molar-refractivity contribution >= 4 is 14.0 Å². The number of hydrogen-bond acceptors (Lipinski definition) is 3. The van der Waals surface area contributed by atoms with Crippen molar-refractivity contribution < 1.29 is 20.1 Å². The van der Waals surface area contributed by atoms with Gasteiger partial charge >= 0.3 is 5.97 Å². The van der Waals surface area contributed by atoms with Crippen molar-refractivity contribution in [3.8, 4) is 11.5 Å². The Bertz CT molecular complexity index is 410. The summed E-state index contributed by atoms with van der Waals surface area (Å²) in [5, 5.41) is 28.6. The van der Waals surface area contributed by atoms with Crippen LogP contribution in [-0.2, 0) is 4.79 Å². The van der Waals surface area contributed by atoms with Gasteiger partial charge in [0.25, 0.3) is 0 Å². The molecule has 0 heterocycles. The molecule has 0 unspecified atom stereocenters. The first-order chi connectivity index (χ1) is 7.61. The smallest absolute Gasteiger partial charge is 0.331 e. The summed E-state index contributed by atoms with van der Waals surface area (Å²) in [5.74, 6) is 1.64. The summed E-state index contributed by atoms with van der Waals surface area (Å²) >= 11 is 0. The molecule has 4 nitrogen and oxygen atoms in total. The normalized spacial score (nSPS) is 29.0. The van der Waals surface area contributed by atoms with Crippen LogP contribution in [0.1, 0.15) is 12.8 Å². The molecule has 0 amide bonds. The lowest BCUT2D eigenvalue weighted by Crippen LogP contribution is -2.37. The van der Waals surface area contributed by atoms with Crippen LogP contribution in [-0.4, -0.2) is 41.1 Å². The Morgan fingerprint density at radius 3 is 2.59 bits per heavy atom. The number of carbonyl (C=O) groups is 1. The number of rotatable bonds is 1. The first-order valence-corrected chi connectivity index (χ1v) is 9.00. The highest BCUT2D eigenvalue weighted by Crippen LogP contribution is 2.28. The molecule has 0 saturated heterocycles. The average molecular weight is 254 g/mol. The third kappa shape index (κ3) is 4.34. The summed E-state index contributed by atoms with van der Waals surface area (Å²) < 4.78 is 0. The van der Waals surface area contributed by atoms with Crippen molar-refractivity contribution in [3.63, 3.8) is 0 Å². The van der Waals surface area contributed by atoms with Gasteiger partial charge in [0.2, 0.25) is 0 Å². The molecule has 0 spiro atoms. The van der Waals surface area contributed by atoms with Gasteiger partial charge in [-0.25, -0.2) is 4.79 Å². The second-order valence-corrected chi connectivity index (χ2v) is 10.2. The molecule has 1 aliphatic carbocycles. The molecule has 3 N–H and O–H groups in total. The second-order valence-electron chi connectivity index (χ2n) is 5.48. The molecular weight excluding hydrogens is 236 g/mol. The van der Waals surface area contributed by atoms with Gasteiger partial charge in [0.05, 0.1) is 6.10 Å². The van der Waals surface area contributed by atoms with E-state index in [0.717, 1.165) is 0 Å². The predicted molar refractivity (Wildman–Crippen MR) is 67.0 cm³/mol. The Kier molecular flexibility index (Phi) is 3.82. The zero-order valence-corrected chi connectivity index (χ0v) is 11.3. The van der Waals surface area contributed by atoms with Crippen LogP contribution in [0.2, 0.25) is 19.6 Å². The summed E-state index contributed by atoms with van der Waals surface area (Å²) in [6.07, 6.45) is 0.362. The van der Waals surface area contributed by atoms with Crippen molar-refractivity contribution in [3.05, 3.63) is 11.6 Å². The fraction of sp³-hybridized carbons (Fsp3) is 0.583. The van der Waals surface area contributed by atoms with Crippen LogP contribution < -0.4 is 0 Å². The Labute approximate surface area is 102 Å². The third-order valence-electron chi connectivity index (χ3n) is 2.37. The SMILES string of the molecule is C[Si](C)(C)C#C[C@]1(O)CC(C(=O)O)=C[C@H](O)C1. The van der Waals surface area contributed by atoms with Gasteiger partial charge in [-0.1, -0.05) is 25.6 Å². The van der Waals surface area contributed by atoms with Gasteiger partial charge in [0.15, 0.2) is 0 Å². The highest BCUT2D eigenvalue weighted by molar-refractivity contribution is 6.83. The van der Waals surface area contributed by atoms with E-state index in [9.17, 15) is 15.0 Å². The van der Waals surface area contributed by atoms with E-state index in [1.807, 2.05) is 19.6 Å². The van der Waals surface area contributed by atoms with Crippen LogP contribution in [0.4, 0.5) is 0 Å². The van der Waals surface area contributed by atoms with Crippen molar-refractivity contribution in [2.45, 2.75) is 44.2 Å². The maximum atomic E-state index is 10.9. The maximum Gasteiger partial charge on any atom is 0.331 e. The lowest BCUT2D eigenvalue weighted by atomic mass is 9.84. The molecule has 2 atom stereocenters. The monoisotopic (exact) mass is 254 g/mol. The summed E-state index contributed by atoms with van der Waals surface area (Å²) in [6.45, 7) is 6.11. The van der Waals surface area contributed by atoms with Crippen LogP contribution in [0.5, 0.6) is 0 Å². The Hall–Kier alpha value is -1.09. The van der Waals surface area contributed by atoms with Crippen LogP contribution >= 0.6 is 0 Å². The van der Waals surface area contributed by atoms with Crippen LogP contribution in [0.3, 0.4) is 0 Å². The standard InChI is InChI=1S/C12H18O4Si/c1-17(2,3)5-4-12(16)7-9(11(14)15)6-10(13)8-12/h6,10,13,16H,7-8H2,1-3H3,(H,14,15)/t10-,12-/m0/s1. The summed E-state index contributed by atoms with van der Waals surface area (Å²) in [6, 6.07) is 0. The quantitative estimate of drug-likeness (QED) is 0.477. The van der Waals surface area contributed by atoms with Crippen LogP contribution in [0.15, 0.2) is 11.6 Å². The van der Waals surface area contributed by atoms with Gasteiger partial charge in [0, 0.05) is 18.4 Å². The summed E-state index contributed by atoms with van der Waals surface area (Å²) in [5.41, 5.74) is 1.63. The largest absolute Gasteiger partial charge is 0.478 e. The second kappa shape index (κ2) is 4.65. The molecular formula is C12H18O4Si. The van der Waals surface area contributed by atoms with Crippen LogP contribution in [0.25, 0.3) is 0 Å². The minimum Gasteiger partial charge on any atom is -0.478 e. The highest BCUT2D eigenvalue weighted by atomic mass is 28.3. The zero-order valence-electron chi connectivity index (χ0n) is 10.3. The van der Waals surface area contributed by atoms with Crippen molar-refractivity contribution in [1.29, 1.82) is 0 Å². The Morgan fingerprint density at radius 1 is 1.53 bits per heavy atom. The van der Waals surface area contributed by atoms with Gasteiger partial charge in [-0.2, -0.15) is 0 Å². The number of aliphatic carboxylic acids is 1. The molecule has 0 fully saturated rings. The van der Waals surface area contributed by atoms with Gasteiger partial charge in [-0.3, -0.25) is 0 Å². The van der Waals surface area contributed by atoms with Gasteiger partial charge < -0.3 is 15.3 Å². The highest BCUT2D eigenvalue weighted by Gasteiger charge is 2.35. The maximum absolute atomic E-state index is 10.9. The third-order valence-corrected chi connectivity index (χ3v) is 3.24. The van der Waals surface area contributed by atoms with Crippen LogP contribution in [0, 0.1) is 11.5 Å². The minimum atomic E-state index is -1.63. The van der Waals surface area contributed by atoms with E-state index < -0.39 is 25.7 Å². The summed E-state index contributed by atoms with van der Waals surface area (Å²) in [7, 11) is -1.63. The van der Waals surface area contributed by atoms with E-state index >= 15 is 0 Å². The molecule has 5 heteroatoms. The van der Waals surface area contributed by atoms with E-state index in [0.29, 0.717) is 0 Å². The zero-order chi connectivity index (χ0) is 13.3. The topological polar surface area (TPSA) is 77.8 Å². The molecule has 1 rings (SSSR count). The molecule has 0 aliphatic heterocycles. The molecule has 0 aromatic carbocycles. The van der Waals surface area contributed by atoms with Crippen molar-refractivity contribution in [1.82, 2.24) is 0 Å². The minimum absolute atomic E-state index is 0.0242. The summed E-state index contributed by atoms with van der Waals surface area (Å²) in [4.78, 5) is 10.9. The number of aliphatic hydroxyl groups excluding tert-OH is 1. The van der Waals surface area contributed by atoms with E-state index in [-0.39, 0.29) is 18.4 Å². The van der Waals surface area contributed by atoms with Crippen molar-refractivity contribution in [2.24, 2.45) is 0 Å². The molecule has 0 radical (unpaired) electrons. The lowest BCUT2D eigenvalue weighted by Gasteiger charge is -2.29. The first-order valence-electron chi connectivity index (χ1n) is 5.50. The van der Waals surface area contributed by atoms with Gasteiger partial charge in [-0.15, -0.1) is 5.54 Å². The van der Waals surface area contributed by atoms with Crippen molar-refractivity contribution in [2.75, 3.05) is 0 Å². The van der Waals surface area contributed by atoms with E-state index in [2.05, 4.69) is 11.5 Å². The number of aliphatic hydroxyl groups is 2. The predicted octanol–water partition coefficient (Wildman–Crippen LogP) is 0.764. The molecule has 0 aromatic heterocycles. The first kappa shape index (κ1) is 14.0. The molecule has 0 saturated carbocycles. The van der Waals surface area contributed by atoms with E-state index in [1.165, 1.54) is 6.08 Å².